The van der Waals surface area contributed by atoms with Crippen molar-refractivity contribution in [2.75, 3.05) is 19.3 Å². The largest absolute Gasteiger partial charge is 0.493 e. The molecule has 1 amide bonds. The van der Waals surface area contributed by atoms with Gasteiger partial charge in [0.05, 0.1) is 17.6 Å². The summed E-state index contributed by atoms with van der Waals surface area (Å²) in [5.74, 6) is -1.11. The van der Waals surface area contributed by atoms with Gasteiger partial charge in [-0.25, -0.2) is 13.5 Å². The van der Waals surface area contributed by atoms with Gasteiger partial charge in [-0.1, -0.05) is 0 Å². The molecular formula is C21H22N2O7S. The molecule has 10 heteroatoms. The molecule has 2 aliphatic rings. The summed E-state index contributed by atoms with van der Waals surface area (Å²) < 4.78 is 41.4. The number of pyridine rings is 1. The Bertz CT molecular complexity index is 1050. The Morgan fingerprint density at radius 1 is 1.16 bits per heavy atom. The summed E-state index contributed by atoms with van der Waals surface area (Å²) in [6.07, 6.45) is 5.34. The number of rotatable bonds is 8. The minimum atomic E-state index is -3.93. The maximum absolute atomic E-state index is 12.6. The average Bonchev–Trinajstić information content (AvgIpc) is 3.36. The third-order valence-corrected chi connectivity index (χ3v) is 6.66. The van der Waals surface area contributed by atoms with Gasteiger partial charge in [0.15, 0.2) is 15.7 Å². The number of benzene rings is 1. The van der Waals surface area contributed by atoms with E-state index in [2.05, 4.69) is 4.98 Å². The van der Waals surface area contributed by atoms with Gasteiger partial charge in [-0.2, -0.15) is 0 Å². The second kappa shape index (κ2) is 9.15. The third-order valence-electron chi connectivity index (χ3n) is 5.09. The third kappa shape index (κ3) is 5.10. The lowest BCUT2D eigenvalue weighted by molar-refractivity contribution is -0.156. The number of sulfone groups is 1. The maximum Gasteiger partial charge on any atom is 0.274 e. The van der Waals surface area contributed by atoms with Crippen molar-refractivity contribution in [1.29, 1.82) is 0 Å². The highest BCUT2D eigenvalue weighted by atomic mass is 32.2. The number of nitrogens with zero attached hydrogens (tertiary/aromatic N) is 2. The normalized spacial score (nSPS) is 20.2. The lowest BCUT2D eigenvalue weighted by Gasteiger charge is -2.16. The number of ether oxygens (including phenoxy) is 3. The van der Waals surface area contributed by atoms with Crippen LogP contribution in [0.4, 0.5) is 0 Å². The van der Waals surface area contributed by atoms with Crippen molar-refractivity contribution < 1.29 is 32.6 Å². The Morgan fingerprint density at radius 2 is 1.90 bits per heavy atom. The minimum Gasteiger partial charge on any atom is -0.493 e. The monoisotopic (exact) mass is 446 g/mol. The molecule has 2 unspecified atom stereocenters. The summed E-state index contributed by atoms with van der Waals surface area (Å²) in [5.41, 5.74) is 1.35. The van der Waals surface area contributed by atoms with Crippen molar-refractivity contribution >= 4 is 15.7 Å². The van der Waals surface area contributed by atoms with Gasteiger partial charge in [0, 0.05) is 30.8 Å². The Morgan fingerprint density at radius 3 is 2.61 bits per heavy atom. The van der Waals surface area contributed by atoms with Crippen LogP contribution in [0.2, 0.25) is 0 Å². The second-order valence-corrected chi connectivity index (χ2v) is 9.18. The maximum atomic E-state index is 12.6. The molecule has 0 saturated carbocycles. The molecule has 1 fully saturated rings. The van der Waals surface area contributed by atoms with Crippen LogP contribution in [0.1, 0.15) is 12.0 Å². The number of fused-ring (bicyclic) bond motifs is 1. The van der Waals surface area contributed by atoms with Crippen molar-refractivity contribution in [3.63, 3.8) is 0 Å². The van der Waals surface area contributed by atoms with E-state index in [1.54, 1.807) is 30.6 Å². The molecule has 164 valence electrons. The molecule has 4 rings (SSSR count). The molecule has 1 saturated heterocycles. The summed E-state index contributed by atoms with van der Waals surface area (Å²) in [4.78, 5) is 16.3. The second-order valence-electron chi connectivity index (χ2n) is 7.22. The van der Waals surface area contributed by atoms with Crippen molar-refractivity contribution in [2.45, 2.75) is 29.9 Å². The van der Waals surface area contributed by atoms with E-state index >= 15 is 0 Å². The Balaban J connectivity index is 1.32. The van der Waals surface area contributed by atoms with E-state index in [-0.39, 0.29) is 41.0 Å². The molecule has 2 aromatic rings. The fourth-order valence-corrected chi connectivity index (χ4v) is 4.56. The molecule has 2 atom stereocenters. The molecule has 1 N–H and O–H groups in total. The van der Waals surface area contributed by atoms with Crippen LogP contribution in [0.5, 0.6) is 5.75 Å². The molecule has 2 heterocycles. The first kappa shape index (κ1) is 21.4. The zero-order chi connectivity index (χ0) is 21.8. The van der Waals surface area contributed by atoms with Gasteiger partial charge in [-0.05, 0) is 48.0 Å². The molecule has 9 nitrogen and oxygen atoms in total. The summed E-state index contributed by atoms with van der Waals surface area (Å²) in [6.45, 7) is 0.591. The summed E-state index contributed by atoms with van der Waals surface area (Å²) >= 11 is 0. The lowest BCUT2D eigenvalue weighted by atomic mass is 10.2. The minimum absolute atomic E-state index is 0.0234. The molecule has 1 aromatic carbocycles. The van der Waals surface area contributed by atoms with Crippen LogP contribution in [0.25, 0.3) is 0 Å². The van der Waals surface area contributed by atoms with Gasteiger partial charge < -0.3 is 14.2 Å². The molecule has 1 aromatic heterocycles. The van der Waals surface area contributed by atoms with Gasteiger partial charge in [0.25, 0.3) is 5.91 Å². The van der Waals surface area contributed by atoms with E-state index in [9.17, 15) is 18.4 Å². The summed E-state index contributed by atoms with van der Waals surface area (Å²) in [7, 11) is -3.93. The van der Waals surface area contributed by atoms with E-state index in [1.807, 2.05) is 12.1 Å². The van der Waals surface area contributed by atoms with Crippen molar-refractivity contribution in [3.8, 4) is 5.75 Å². The van der Waals surface area contributed by atoms with E-state index in [4.69, 9.17) is 14.2 Å². The van der Waals surface area contributed by atoms with Gasteiger partial charge in [0.1, 0.15) is 18.6 Å². The average molecular weight is 446 g/mol. The van der Waals surface area contributed by atoms with Crippen LogP contribution in [0, 0.1) is 0 Å². The predicted octanol–water partition coefficient (Wildman–Crippen LogP) is 1.72. The van der Waals surface area contributed by atoms with Gasteiger partial charge in [-0.15, -0.1) is 0 Å². The van der Waals surface area contributed by atoms with E-state index in [0.717, 1.165) is 5.56 Å². The van der Waals surface area contributed by atoms with Crippen LogP contribution >= 0.6 is 0 Å². The van der Waals surface area contributed by atoms with Crippen molar-refractivity contribution in [3.05, 3.63) is 66.0 Å². The molecular weight excluding hydrogens is 424 g/mol. The van der Waals surface area contributed by atoms with Crippen LogP contribution in [-0.2, 0) is 30.5 Å². The number of amides is 1. The molecule has 0 radical (unpaired) electrons. The van der Waals surface area contributed by atoms with Crippen LogP contribution < -0.4 is 4.74 Å². The Hall–Kier alpha value is -2.79. The molecule has 31 heavy (non-hydrogen) atoms. The Kier molecular flexibility index (Phi) is 6.33. The number of hydrogen-bond donors (Lipinski definition) is 1. The van der Waals surface area contributed by atoms with Crippen LogP contribution in [0.3, 0.4) is 0 Å². The highest BCUT2D eigenvalue weighted by Gasteiger charge is 2.37. The highest BCUT2D eigenvalue weighted by molar-refractivity contribution is 7.91. The molecule has 0 bridgehead atoms. The molecule has 0 spiro atoms. The van der Waals surface area contributed by atoms with Crippen molar-refractivity contribution in [2.24, 2.45) is 0 Å². The zero-order valence-corrected chi connectivity index (χ0v) is 17.4. The first-order valence-electron chi connectivity index (χ1n) is 9.71. The standard InChI is InChI=1S/C21H22N2O7S/c24-21(16-11-19-20(12-16)30-14-29-19)23(25)13-31(26,27)18-3-1-17(2-4-18)28-10-7-15-5-8-22-9-6-15/h1-6,8-9,11,19-20,25H,7,10,12-14H2. The number of hydrogen-bond acceptors (Lipinski definition) is 8. The van der Waals surface area contributed by atoms with Crippen molar-refractivity contribution in [1.82, 2.24) is 10.0 Å². The zero-order valence-electron chi connectivity index (χ0n) is 16.6. The van der Waals surface area contributed by atoms with Crippen LogP contribution in [0.15, 0.2) is 65.3 Å². The fraction of sp³-hybridized carbons (Fsp3) is 0.333. The SMILES string of the molecule is O=C(C1=CC2OCOC2C1)N(O)CS(=O)(=O)c1ccc(OCCc2ccncc2)cc1. The fourth-order valence-electron chi connectivity index (χ4n) is 3.42. The number of carbonyl (C=O) groups is 1. The number of hydroxylamine groups is 2. The van der Waals surface area contributed by atoms with Gasteiger partial charge in [-0.3, -0.25) is 15.0 Å². The van der Waals surface area contributed by atoms with E-state index < -0.39 is 21.6 Å². The predicted molar refractivity (Wildman–Crippen MR) is 108 cm³/mol. The van der Waals surface area contributed by atoms with E-state index in [1.165, 1.54) is 12.1 Å². The quantitative estimate of drug-likeness (QED) is 0.482. The van der Waals surface area contributed by atoms with Gasteiger partial charge in [0.2, 0.25) is 0 Å². The molecule has 1 aliphatic heterocycles. The van der Waals surface area contributed by atoms with Gasteiger partial charge >= 0.3 is 0 Å². The van der Waals surface area contributed by atoms with E-state index in [0.29, 0.717) is 18.8 Å². The first-order valence-corrected chi connectivity index (χ1v) is 11.4. The Labute approximate surface area is 179 Å². The smallest absolute Gasteiger partial charge is 0.274 e. The number of carbonyl (C=O) groups excluding carboxylic acids is 1. The summed E-state index contributed by atoms with van der Waals surface area (Å²) in [5, 5.41) is 10.3. The number of aromatic nitrogens is 1. The molecule has 1 aliphatic carbocycles. The van der Waals surface area contributed by atoms with Crippen LogP contribution in [-0.4, -0.2) is 61.1 Å². The highest BCUT2D eigenvalue weighted by Crippen LogP contribution is 2.30. The lowest BCUT2D eigenvalue weighted by Crippen LogP contribution is -2.33. The topological polar surface area (TPSA) is 115 Å². The summed E-state index contributed by atoms with van der Waals surface area (Å²) in [6, 6.07) is 9.65. The first-order chi connectivity index (χ1) is 14.9.